The monoisotopic (exact) mass is 290 g/mol. The smallest absolute Gasteiger partial charge is 0.237 e. The summed E-state index contributed by atoms with van der Waals surface area (Å²) in [6.45, 7) is -0.0923. The Morgan fingerprint density at radius 1 is 1.14 bits per heavy atom. The molecule has 110 valence electrons. The molecule has 5 heteroatoms. The molecule has 0 saturated carbocycles. The molecular weight excluding hydrogens is 274 g/mol. The van der Waals surface area contributed by atoms with Gasteiger partial charge in [-0.25, -0.2) is 8.78 Å². The van der Waals surface area contributed by atoms with Gasteiger partial charge in [0.2, 0.25) is 5.91 Å². The fraction of sp³-hybridized carbons (Fsp3) is 0.188. The number of rotatable bonds is 5. The molecule has 1 atom stereocenters. The topological polar surface area (TPSA) is 55.1 Å². The van der Waals surface area contributed by atoms with Gasteiger partial charge in [-0.05, 0) is 30.2 Å². The van der Waals surface area contributed by atoms with Crippen molar-refractivity contribution in [3.8, 4) is 0 Å². The molecule has 0 fully saturated rings. The molecule has 3 N–H and O–H groups in total. The van der Waals surface area contributed by atoms with Crippen molar-refractivity contribution in [2.24, 2.45) is 5.73 Å². The van der Waals surface area contributed by atoms with Gasteiger partial charge < -0.3 is 11.1 Å². The molecule has 0 aliphatic carbocycles. The predicted molar refractivity (Wildman–Crippen MR) is 76.3 cm³/mol. The van der Waals surface area contributed by atoms with E-state index in [2.05, 4.69) is 5.32 Å². The maximum atomic E-state index is 13.4. The molecule has 0 aromatic heterocycles. The van der Waals surface area contributed by atoms with Crippen molar-refractivity contribution >= 4 is 5.91 Å². The number of nitrogens with one attached hydrogen (secondary N) is 1. The van der Waals surface area contributed by atoms with Crippen LogP contribution in [0, 0.1) is 11.6 Å². The van der Waals surface area contributed by atoms with Gasteiger partial charge in [0.15, 0.2) is 0 Å². The van der Waals surface area contributed by atoms with Gasteiger partial charge in [0.05, 0.1) is 6.04 Å². The van der Waals surface area contributed by atoms with Gasteiger partial charge in [-0.1, -0.05) is 30.3 Å². The second kappa shape index (κ2) is 6.95. The van der Waals surface area contributed by atoms with Crippen LogP contribution >= 0.6 is 0 Å². The molecule has 3 nitrogen and oxygen atoms in total. The summed E-state index contributed by atoms with van der Waals surface area (Å²) in [5.74, 6) is -1.51. The Kier molecular flexibility index (Phi) is 5.00. The molecule has 0 saturated heterocycles. The average molecular weight is 290 g/mol. The highest BCUT2D eigenvalue weighted by Gasteiger charge is 2.14. The Morgan fingerprint density at radius 3 is 2.57 bits per heavy atom. The molecule has 0 spiro atoms. The van der Waals surface area contributed by atoms with E-state index >= 15 is 0 Å². The standard InChI is InChI=1S/C16H16F2N2O/c17-13-6-7-14(18)12(9-13)10-20-16(21)15(19)8-11-4-2-1-3-5-11/h1-7,9,15H,8,10,19H2,(H,20,21)/t15-/m1/s1. The van der Waals surface area contributed by atoms with Crippen LogP contribution in [0.1, 0.15) is 11.1 Å². The molecule has 0 radical (unpaired) electrons. The first-order valence-corrected chi connectivity index (χ1v) is 6.57. The second-order valence-electron chi connectivity index (χ2n) is 4.75. The zero-order chi connectivity index (χ0) is 15.2. The largest absolute Gasteiger partial charge is 0.351 e. The van der Waals surface area contributed by atoms with Crippen molar-refractivity contribution in [2.45, 2.75) is 19.0 Å². The third kappa shape index (κ3) is 4.36. The van der Waals surface area contributed by atoms with E-state index in [-0.39, 0.29) is 12.1 Å². The van der Waals surface area contributed by atoms with Gasteiger partial charge in [0.1, 0.15) is 11.6 Å². The van der Waals surface area contributed by atoms with E-state index in [1.165, 1.54) is 0 Å². The Bertz CT molecular complexity index is 617. The maximum absolute atomic E-state index is 13.4. The van der Waals surface area contributed by atoms with E-state index in [1.807, 2.05) is 30.3 Å². The van der Waals surface area contributed by atoms with Crippen LogP contribution in [0.3, 0.4) is 0 Å². The van der Waals surface area contributed by atoms with Crippen LogP contribution < -0.4 is 11.1 Å². The summed E-state index contributed by atoms with van der Waals surface area (Å²) in [5, 5.41) is 2.52. The van der Waals surface area contributed by atoms with Gasteiger partial charge in [-0.3, -0.25) is 4.79 Å². The quantitative estimate of drug-likeness (QED) is 0.886. The highest BCUT2D eigenvalue weighted by molar-refractivity contribution is 5.81. The Morgan fingerprint density at radius 2 is 1.86 bits per heavy atom. The molecule has 2 aromatic carbocycles. The van der Waals surface area contributed by atoms with Crippen LogP contribution in [0.4, 0.5) is 8.78 Å². The lowest BCUT2D eigenvalue weighted by Crippen LogP contribution is -2.41. The summed E-state index contributed by atoms with van der Waals surface area (Å²) in [6.07, 6.45) is 0.387. The van der Waals surface area contributed by atoms with Gasteiger partial charge in [-0.15, -0.1) is 0 Å². The molecule has 0 unspecified atom stereocenters. The fourth-order valence-corrected chi connectivity index (χ4v) is 1.95. The van der Waals surface area contributed by atoms with Crippen LogP contribution in [0.5, 0.6) is 0 Å². The number of amides is 1. The number of hydrogen-bond donors (Lipinski definition) is 2. The fourth-order valence-electron chi connectivity index (χ4n) is 1.95. The van der Waals surface area contributed by atoms with E-state index in [9.17, 15) is 13.6 Å². The van der Waals surface area contributed by atoms with Crippen molar-refractivity contribution in [1.82, 2.24) is 5.32 Å². The van der Waals surface area contributed by atoms with Crippen LogP contribution in [0.2, 0.25) is 0 Å². The molecule has 2 rings (SSSR count). The van der Waals surface area contributed by atoms with Gasteiger partial charge in [0.25, 0.3) is 0 Å². The SMILES string of the molecule is N[C@H](Cc1ccccc1)C(=O)NCc1cc(F)ccc1F. The Balaban J connectivity index is 1.91. The van der Waals surface area contributed by atoms with Crippen molar-refractivity contribution in [2.75, 3.05) is 0 Å². The van der Waals surface area contributed by atoms with Gasteiger partial charge in [-0.2, -0.15) is 0 Å². The van der Waals surface area contributed by atoms with Crippen molar-refractivity contribution in [3.63, 3.8) is 0 Å². The predicted octanol–water partition coefficient (Wildman–Crippen LogP) is 2.15. The number of carbonyl (C=O) groups excluding carboxylic acids is 1. The summed E-state index contributed by atoms with van der Waals surface area (Å²) in [5.41, 5.74) is 6.84. The highest BCUT2D eigenvalue weighted by Crippen LogP contribution is 2.09. The zero-order valence-corrected chi connectivity index (χ0v) is 11.4. The number of halogens is 2. The lowest BCUT2D eigenvalue weighted by Gasteiger charge is -2.12. The Labute approximate surface area is 121 Å². The number of nitrogens with two attached hydrogens (primary N) is 1. The van der Waals surface area contributed by atoms with Gasteiger partial charge >= 0.3 is 0 Å². The third-order valence-electron chi connectivity index (χ3n) is 3.10. The molecule has 0 bridgehead atoms. The minimum atomic E-state index is -0.732. The van der Waals surface area contributed by atoms with Gasteiger partial charge in [0, 0.05) is 12.1 Å². The lowest BCUT2D eigenvalue weighted by atomic mass is 10.1. The second-order valence-corrected chi connectivity index (χ2v) is 4.75. The molecular formula is C16H16F2N2O. The Hall–Kier alpha value is -2.27. The zero-order valence-electron chi connectivity index (χ0n) is 11.4. The average Bonchev–Trinajstić information content (AvgIpc) is 2.49. The minimum absolute atomic E-state index is 0.0923. The summed E-state index contributed by atoms with van der Waals surface area (Å²) < 4.78 is 26.4. The molecule has 0 aliphatic heterocycles. The van der Waals surface area contributed by atoms with Crippen molar-refractivity contribution < 1.29 is 13.6 Å². The summed E-state index contributed by atoms with van der Waals surface area (Å²) in [6, 6.07) is 11.7. The molecule has 2 aromatic rings. The summed E-state index contributed by atoms with van der Waals surface area (Å²) in [4.78, 5) is 11.9. The van der Waals surface area contributed by atoms with Crippen LogP contribution in [0.15, 0.2) is 48.5 Å². The highest BCUT2D eigenvalue weighted by atomic mass is 19.1. The molecule has 0 aliphatic rings. The van der Waals surface area contributed by atoms with Crippen LogP contribution in [-0.4, -0.2) is 11.9 Å². The maximum Gasteiger partial charge on any atom is 0.237 e. The van der Waals surface area contributed by atoms with Crippen molar-refractivity contribution in [3.05, 3.63) is 71.3 Å². The number of carbonyl (C=O) groups is 1. The van der Waals surface area contributed by atoms with Crippen LogP contribution in [-0.2, 0) is 17.8 Å². The molecule has 0 heterocycles. The normalized spacial score (nSPS) is 12.0. The first-order valence-electron chi connectivity index (χ1n) is 6.57. The van der Waals surface area contributed by atoms with Crippen LogP contribution in [0.25, 0.3) is 0 Å². The van der Waals surface area contributed by atoms with E-state index in [0.717, 1.165) is 23.8 Å². The summed E-state index contributed by atoms with van der Waals surface area (Å²) in [7, 11) is 0. The van der Waals surface area contributed by atoms with E-state index < -0.39 is 23.6 Å². The first kappa shape index (κ1) is 15.1. The van der Waals surface area contributed by atoms with E-state index in [4.69, 9.17) is 5.73 Å². The lowest BCUT2D eigenvalue weighted by molar-refractivity contribution is -0.122. The molecule has 1 amide bonds. The number of benzene rings is 2. The summed E-state index contributed by atoms with van der Waals surface area (Å²) >= 11 is 0. The molecule has 21 heavy (non-hydrogen) atoms. The first-order chi connectivity index (χ1) is 10.1. The van der Waals surface area contributed by atoms with Crippen molar-refractivity contribution in [1.29, 1.82) is 0 Å². The van der Waals surface area contributed by atoms with E-state index in [0.29, 0.717) is 6.42 Å². The van der Waals surface area contributed by atoms with E-state index in [1.54, 1.807) is 0 Å². The number of hydrogen-bond acceptors (Lipinski definition) is 2. The third-order valence-corrected chi connectivity index (χ3v) is 3.10. The minimum Gasteiger partial charge on any atom is -0.351 e.